The van der Waals surface area contributed by atoms with Crippen LogP contribution in [-0.2, 0) is 4.79 Å². The van der Waals surface area contributed by atoms with E-state index < -0.39 is 5.97 Å². The zero-order chi connectivity index (χ0) is 94.9. The second-order valence-corrected chi connectivity index (χ2v) is 37.1. The molecule has 0 fully saturated rings. The standard InChI is InChI=1S/C120H163N5O10/c1-9-17-25-33-41-49-77-128-96-63-67-100(111(87-96)132-81-53-45-37-29-21-13-5)115-104-71-72-105(122-104)116(101-68-64-97(129-78-50-42-34-26-18-10-2)88-112(101)133-82-54-46-38-30-22-14-6)107-75-76-109(124-107)118(103-70-66-99(131-80-52-44-36-28-20-12-4)90-114(103)135-84-56-48-40-32-24-16-8)119-94(62-61-92-57-59-93(60-58-92)85-95(91-121)120(126)127)86-110(125-119)117(108-74-73-106(115)123-108)102-69-65-98(130-79-51-43-35-27-19-11-3)89-113(102)134-83-55-47-39-31-23-15-7/h57-60,63-76,85-90,122,125H,9-56,77-84H2,1-8H3,(H,126,127)/b95-85-,115-104?,115-106?,116-105?,116-107?,117-108?,117-110?,118-109?,119-118?. The molecular weight excluding hydrogens is 1670 g/mol. The summed E-state index contributed by atoms with van der Waals surface area (Å²) in [5.41, 5.74) is 13.7. The van der Waals surface area contributed by atoms with Crippen LogP contribution in [0.25, 0.3) is 97.0 Å². The summed E-state index contributed by atoms with van der Waals surface area (Å²) < 4.78 is 56.2. The van der Waals surface area contributed by atoms with Crippen molar-refractivity contribution in [1.82, 2.24) is 19.9 Å². The maximum Gasteiger partial charge on any atom is 0.346 e. The smallest absolute Gasteiger partial charge is 0.346 e. The average Bonchev–Trinajstić information content (AvgIpc) is 1.60. The van der Waals surface area contributed by atoms with E-state index >= 15 is 0 Å². The molecule has 10 rings (SSSR count). The first-order valence-corrected chi connectivity index (χ1v) is 53.3. The molecule has 5 aromatic carbocycles. The Hall–Kier alpha value is -10.6. The van der Waals surface area contributed by atoms with E-state index in [4.69, 9.17) is 47.9 Å². The number of carboxylic acid groups (broad SMARTS) is 1. The molecule has 15 nitrogen and oxygen atoms in total. The van der Waals surface area contributed by atoms with Crippen LogP contribution in [0.15, 0.2) is 121 Å². The Bertz CT molecular complexity index is 5220. The van der Waals surface area contributed by atoms with Gasteiger partial charge in [-0.15, -0.1) is 0 Å². The molecule has 3 aromatic heterocycles. The molecule has 3 N–H and O–H groups in total. The van der Waals surface area contributed by atoms with Gasteiger partial charge in [-0.3, -0.25) is 0 Å². The highest BCUT2D eigenvalue weighted by Crippen LogP contribution is 2.48. The Labute approximate surface area is 811 Å². The third-order valence-electron chi connectivity index (χ3n) is 25.8. The maximum atomic E-state index is 12.2. The lowest BCUT2D eigenvalue weighted by Crippen LogP contribution is -2.03. The number of aromatic nitrogens is 4. The second-order valence-electron chi connectivity index (χ2n) is 37.1. The zero-order valence-electron chi connectivity index (χ0n) is 83.9. The van der Waals surface area contributed by atoms with E-state index in [9.17, 15) is 15.2 Å². The number of carbonyl (C=O) groups is 1. The Morgan fingerprint density at radius 3 is 0.859 bits per heavy atom. The molecule has 15 heteroatoms. The fraction of sp³-hybridized carbons (Fsp3) is 0.533. The van der Waals surface area contributed by atoms with E-state index in [0.29, 0.717) is 126 Å². The van der Waals surface area contributed by atoms with Gasteiger partial charge in [0, 0.05) is 85.4 Å². The predicted molar refractivity (Wildman–Crippen MR) is 565 cm³/mol. The highest BCUT2D eigenvalue weighted by atomic mass is 16.5. The maximum absolute atomic E-state index is 12.2. The third-order valence-corrected chi connectivity index (χ3v) is 25.8. The molecular formula is C120H163N5O10. The van der Waals surface area contributed by atoms with Crippen molar-refractivity contribution in [2.24, 2.45) is 0 Å². The minimum atomic E-state index is -1.29. The second kappa shape index (κ2) is 62.9. The number of benzene rings is 5. The first-order chi connectivity index (χ1) is 66.5. The van der Waals surface area contributed by atoms with Gasteiger partial charge in [0.2, 0.25) is 0 Å². The number of rotatable bonds is 70. The minimum absolute atomic E-state index is 0.365. The molecule has 0 aliphatic carbocycles. The molecule has 0 saturated heterocycles. The van der Waals surface area contributed by atoms with Gasteiger partial charge in [-0.1, -0.05) is 336 Å². The molecule has 5 heterocycles. The normalized spacial score (nSPS) is 11.7. The molecule has 8 aromatic rings. The molecule has 135 heavy (non-hydrogen) atoms. The first-order valence-electron chi connectivity index (χ1n) is 53.3. The van der Waals surface area contributed by atoms with E-state index in [1.807, 2.05) is 18.2 Å². The number of hydrogen-bond donors (Lipinski definition) is 3. The van der Waals surface area contributed by atoms with Crippen molar-refractivity contribution in [1.29, 1.82) is 5.26 Å². The number of nitriles is 1. The Kier molecular flexibility index (Phi) is 49.6. The zero-order valence-corrected chi connectivity index (χ0v) is 83.9. The summed E-state index contributed by atoms with van der Waals surface area (Å²) in [6, 6.07) is 41.2. The van der Waals surface area contributed by atoms with Crippen LogP contribution in [0.1, 0.15) is 403 Å². The molecule has 0 unspecified atom stereocenters. The first kappa shape index (κ1) is 106. The van der Waals surface area contributed by atoms with Gasteiger partial charge in [-0.2, -0.15) is 5.26 Å². The topological polar surface area (TPSA) is 192 Å². The van der Waals surface area contributed by atoms with Crippen LogP contribution in [0.4, 0.5) is 0 Å². The van der Waals surface area contributed by atoms with Gasteiger partial charge in [0.1, 0.15) is 57.6 Å². The number of nitrogens with one attached hydrogen (secondary N) is 2. The lowest BCUT2D eigenvalue weighted by atomic mass is 10.00. The molecule has 0 atom stereocenters. The summed E-state index contributed by atoms with van der Waals surface area (Å²) in [7, 11) is 0. The summed E-state index contributed by atoms with van der Waals surface area (Å²) >= 11 is 0. The molecule has 0 radical (unpaired) electrons. The fourth-order valence-electron chi connectivity index (χ4n) is 17.8. The monoisotopic (exact) mass is 1830 g/mol. The molecule has 2 aliphatic rings. The lowest BCUT2D eigenvalue weighted by Gasteiger charge is -2.16. The fourth-order valence-corrected chi connectivity index (χ4v) is 17.8. The van der Waals surface area contributed by atoms with Gasteiger partial charge >= 0.3 is 5.97 Å². The van der Waals surface area contributed by atoms with Crippen LogP contribution in [0, 0.1) is 23.2 Å². The van der Waals surface area contributed by atoms with Crippen molar-refractivity contribution < 1.29 is 47.8 Å². The quantitative estimate of drug-likeness (QED) is 0.0141. The molecule has 8 bridgehead atoms. The number of unbranched alkanes of at least 4 members (excludes halogenated alkanes) is 40. The van der Waals surface area contributed by atoms with Gasteiger partial charge in [0.05, 0.1) is 92.2 Å². The molecule has 0 amide bonds. The SMILES string of the molecule is CCCCCCCCOc1ccc(-c2c3nc(c(-c4ccc(OCCCCCCCC)cc4OCCCCCCCC)c4cc(C#Cc5ccc(/C=C(/C#N)C(=O)O)cc5)c([nH]4)c(-c4ccc(OCCCCCCCC)cc4OCCCCCCCC)c4nc(c(-c5ccc(OCCCCCCCC)cc5OCCCCCCCC)c5ccc2[nH]5)C=C4)C=C3)c(OCCCCCCCC)c1. The van der Waals surface area contributed by atoms with Crippen molar-refractivity contribution >= 4 is 58.4 Å². The number of aliphatic carboxylic acids is 1. The van der Waals surface area contributed by atoms with Crippen LogP contribution < -0.4 is 37.9 Å². The van der Waals surface area contributed by atoms with Crippen LogP contribution >= 0.6 is 0 Å². The van der Waals surface area contributed by atoms with Crippen molar-refractivity contribution in [3.8, 4) is 108 Å². The van der Waals surface area contributed by atoms with Gasteiger partial charge in [-0.05, 0) is 166 Å². The average molecular weight is 1840 g/mol. The summed E-state index contributed by atoms with van der Waals surface area (Å²) in [4.78, 5) is 32.7. The van der Waals surface area contributed by atoms with Crippen molar-refractivity contribution in [2.45, 2.75) is 364 Å². The van der Waals surface area contributed by atoms with Gasteiger partial charge < -0.3 is 53.0 Å². The van der Waals surface area contributed by atoms with E-state index in [0.717, 1.165) is 213 Å². The van der Waals surface area contributed by atoms with E-state index in [2.05, 4.69) is 192 Å². The number of carboxylic acids is 1. The van der Waals surface area contributed by atoms with Crippen LogP contribution in [0.2, 0.25) is 0 Å². The summed E-state index contributed by atoms with van der Waals surface area (Å²) in [6.45, 7) is 22.4. The largest absolute Gasteiger partial charge is 0.493 e. The van der Waals surface area contributed by atoms with Gasteiger partial charge in [0.25, 0.3) is 0 Å². The van der Waals surface area contributed by atoms with E-state index in [-0.39, 0.29) is 5.57 Å². The number of aromatic amines is 2. The third kappa shape index (κ3) is 35.8. The van der Waals surface area contributed by atoms with E-state index in [1.165, 1.54) is 179 Å². The van der Waals surface area contributed by atoms with Crippen LogP contribution in [-0.4, -0.2) is 83.9 Å². The highest BCUT2D eigenvalue weighted by Gasteiger charge is 2.27. The van der Waals surface area contributed by atoms with Gasteiger partial charge in [-0.25, -0.2) is 14.8 Å². The summed E-state index contributed by atoms with van der Waals surface area (Å²) in [5, 5.41) is 19.8. The molecule has 728 valence electrons. The number of H-pyrrole nitrogens is 2. The Morgan fingerprint density at radius 1 is 0.304 bits per heavy atom. The Morgan fingerprint density at radius 2 is 0.570 bits per heavy atom. The molecule has 2 aliphatic heterocycles. The summed E-state index contributed by atoms with van der Waals surface area (Å²) in [6.07, 6.45) is 64.0. The number of nitrogens with zero attached hydrogens (tertiary/aromatic N) is 3. The number of fused-ring (bicyclic) bond motifs is 8. The van der Waals surface area contributed by atoms with E-state index in [1.54, 1.807) is 12.1 Å². The lowest BCUT2D eigenvalue weighted by molar-refractivity contribution is -0.132. The van der Waals surface area contributed by atoms with Crippen molar-refractivity contribution in [2.75, 3.05) is 52.9 Å². The van der Waals surface area contributed by atoms with Crippen LogP contribution in [0.3, 0.4) is 0 Å². The van der Waals surface area contributed by atoms with Crippen molar-refractivity contribution in [3.05, 3.63) is 160 Å². The number of ether oxygens (including phenoxy) is 8. The van der Waals surface area contributed by atoms with Crippen molar-refractivity contribution in [3.63, 3.8) is 0 Å². The molecule has 0 saturated carbocycles. The minimum Gasteiger partial charge on any atom is -0.493 e. The number of hydrogen-bond acceptors (Lipinski definition) is 12. The van der Waals surface area contributed by atoms with Crippen LogP contribution in [0.5, 0.6) is 46.0 Å². The highest BCUT2D eigenvalue weighted by molar-refractivity contribution is 6.03. The summed E-state index contributed by atoms with van der Waals surface area (Å²) in [5.74, 6) is 11.8. The Balaban J connectivity index is 1.36. The predicted octanol–water partition coefficient (Wildman–Crippen LogP) is 34.6. The van der Waals surface area contributed by atoms with Gasteiger partial charge in [0.15, 0.2) is 0 Å². The molecule has 0 spiro atoms.